The van der Waals surface area contributed by atoms with E-state index in [0.29, 0.717) is 30.2 Å². The molecule has 0 aliphatic carbocycles. The summed E-state index contributed by atoms with van der Waals surface area (Å²) in [5.41, 5.74) is -4.83. The SMILES string of the molecule is CN(C)CC1CSCCC1(O)c1cc(C(F)(F)F)cc(C(F)(F)F)c1. The van der Waals surface area contributed by atoms with Gasteiger partial charge in [-0.25, -0.2) is 0 Å². The van der Waals surface area contributed by atoms with Crippen LogP contribution in [-0.2, 0) is 18.0 Å². The Morgan fingerprint density at radius 3 is 2.04 bits per heavy atom. The van der Waals surface area contributed by atoms with Crippen molar-refractivity contribution in [2.24, 2.45) is 5.92 Å². The van der Waals surface area contributed by atoms with Crippen molar-refractivity contribution in [1.29, 1.82) is 0 Å². The molecular weight excluding hydrogens is 368 g/mol. The molecule has 142 valence electrons. The number of thioether (sulfide) groups is 1. The Morgan fingerprint density at radius 1 is 1.08 bits per heavy atom. The first-order valence-electron chi connectivity index (χ1n) is 7.59. The minimum absolute atomic E-state index is 0.0887. The lowest BCUT2D eigenvalue weighted by Crippen LogP contribution is -2.45. The first kappa shape index (κ1) is 20.4. The molecule has 1 aromatic carbocycles. The first-order valence-corrected chi connectivity index (χ1v) is 8.74. The van der Waals surface area contributed by atoms with E-state index in [1.165, 1.54) is 11.8 Å². The van der Waals surface area contributed by atoms with E-state index in [9.17, 15) is 31.4 Å². The van der Waals surface area contributed by atoms with Gasteiger partial charge in [0.1, 0.15) is 0 Å². The first-order chi connectivity index (χ1) is 11.3. The van der Waals surface area contributed by atoms with Crippen LogP contribution in [0.1, 0.15) is 23.1 Å². The average molecular weight is 387 g/mol. The predicted octanol–water partition coefficient (Wildman–Crippen LogP) is 4.23. The largest absolute Gasteiger partial charge is 0.416 e. The van der Waals surface area contributed by atoms with E-state index >= 15 is 0 Å². The van der Waals surface area contributed by atoms with Crippen LogP contribution in [0.15, 0.2) is 18.2 Å². The van der Waals surface area contributed by atoms with Crippen LogP contribution in [0.25, 0.3) is 0 Å². The highest BCUT2D eigenvalue weighted by Crippen LogP contribution is 2.44. The number of rotatable bonds is 3. The van der Waals surface area contributed by atoms with E-state index in [0.717, 1.165) is 0 Å². The highest BCUT2D eigenvalue weighted by atomic mass is 32.2. The summed E-state index contributed by atoms with van der Waals surface area (Å²) in [6.45, 7) is 0.362. The van der Waals surface area contributed by atoms with E-state index in [1.807, 2.05) is 0 Å². The molecule has 0 radical (unpaired) electrons. The summed E-state index contributed by atoms with van der Waals surface area (Å²) in [5.74, 6) is 0.468. The van der Waals surface area contributed by atoms with E-state index in [-0.39, 0.29) is 18.1 Å². The van der Waals surface area contributed by atoms with Gasteiger partial charge in [0.2, 0.25) is 0 Å². The molecule has 0 bridgehead atoms. The third-order valence-corrected chi connectivity index (χ3v) is 5.43. The zero-order chi connectivity index (χ0) is 19.0. The lowest BCUT2D eigenvalue weighted by Gasteiger charge is -2.41. The van der Waals surface area contributed by atoms with Crippen LogP contribution in [0.3, 0.4) is 0 Å². The second-order valence-electron chi connectivity index (χ2n) is 6.50. The minimum atomic E-state index is -4.92. The summed E-state index contributed by atoms with van der Waals surface area (Å²) in [4.78, 5) is 1.76. The van der Waals surface area contributed by atoms with Crippen LogP contribution in [0.5, 0.6) is 0 Å². The van der Waals surface area contributed by atoms with E-state index in [4.69, 9.17) is 0 Å². The van der Waals surface area contributed by atoms with Crippen molar-refractivity contribution < 1.29 is 31.4 Å². The molecule has 25 heavy (non-hydrogen) atoms. The summed E-state index contributed by atoms with van der Waals surface area (Å²) in [5, 5.41) is 11.1. The van der Waals surface area contributed by atoms with E-state index < -0.39 is 35.0 Å². The van der Waals surface area contributed by atoms with Crippen molar-refractivity contribution in [1.82, 2.24) is 4.90 Å². The maximum Gasteiger partial charge on any atom is 0.416 e. The molecule has 2 atom stereocenters. The summed E-state index contributed by atoms with van der Waals surface area (Å²) in [6, 6.07) is 1.38. The van der Waals surface area contributed by atoms with Crippen LogP contribution in [0.2, 0.25) is 0 Å². The molecule has 2 rings (SSSR count). The summed E-state index contributed by atoms with van der Waals surface area (Å²) in [7, 11) is 3.49. The van der Waals surface area contributed by atoms with Gasteiger partial charge in [0, 0.05) is 18.2 Å². The number of hydrogen-bond donors (Lipinski definition) is 1. The number of halogens is 6. The van der Waals surface area contributed by atoms with Crippen molar-refractivity contribution in [2.75, 3.05) is 32.1 Å². The Labute approximate surface area is 146 Å². The molecule has 0 amide bonds. The van der Waals surface area contributed by atoms with E-state index in [2.05, 4.69) is 0 Å². The fourth-order valence-electron chi connectivity index (χ4n) is 3.02. The number of alkyl halides is 6. The predicted molar refractivity (Wildman–Crippen MR) is 84.3 cm³/mol. The van der Waals surface area contributed by atoms with Crippen LogP contribution in [0, 0.1) is 5.92 Å². The van der Waals surface area contributed by atoms with Crippen LogP contribution >= 0.6 is 11.8 Å². The van der Waals surface area contributed by atoms with Crippen molar-refractivity contribution in [3.63, 3.8) is 0 Å². The smallest absolute Gasteiger partial charge is 0.385 e. The Hall–Kier alpha value is -0.930. The maximum absolute atomic E-state index is 13.1. The molecule has 2 unspecified atom stereocenters. The molecule has 9 heteroatoms. The molecule has 1 heterocycles. The van der Waals surface area contributed by atoms with Gasteiger partial charge in [-0.2, -0.15) is 38.1 Å². The number of aliphatic hydroxyl groups is 1. The zero-order valence-corrected chi connectivity index (χ0v) is 14.5. The van der Waals surface area contributed by atoms with Crippen LogP contribution in [0.4, 0.5) is 26.3 Å². The molecule has 1 aliphatic rings. The molecule has 0 spiro atoms. The number of benzene rings is 1. The van der Waals surface area contributed by atoms with Crippen LogP contribution < -0.4 is 0 Å². The fraction of sp³-hybridized carbons (Fsp3) is 0.625. The van der Waals surface area contributed by atoms with E-state index in [1.54, 1.807) is 19.0 Å². The van der Waals surface area contributed by atoms with Gasteiger partial charge < -0.3 is 10.0 Å². The van der Waals surface area contributed by atoms with Crippen molar-refractivity contribution in [3.8, 4) is 0 Å². The highest BCUT2D eigenvalue weighted by molar-refractivity contribution is 7.99. The number of hydrogen-bond acceptors (Lipinski definition) is 3. The molecule has 1 fully saturated rings. The minimum Gasteiger partial charge on any atom is -0.385 e. The van der Waals surface area contributed by atoms with Gasteiger partial charge in [-0.1, -0.05) is 0 Å². The standard InChI is InChI=1S/C16H19F6NOS/c1-23(2)8-13-9-25-4-3-14(13,24)10-5-11(15(17,18)19)7-12(6-10)16(20,21)22/h5-7,13,24H,3-4,8-9H2,1-2H3. The lowest BCUT2D eigenvalue weighted by atomic mass is 9.78. The second kappa shape index (κ2) is 7.00. The van der Waals surface area contributed by atoms with Gasteiger partial charge in [-0.3, -0.25) is 0 Å². The molecule has 0 aromatic heterocycles. The van der Waals surface area contributed by atoms with Crippen molar-refractivity contribution in [3.05, 3.63) is 34.9 Å². The highest BCUT2D eigenvalue weighted by Gasteiger charge is 2.44. The second-order valence-corrected chi connectivity index (χ2v) is 7.65. The number of nitrogens with zero attached hydrogens (tertiary/aromatic N) is 1. The lowest BCUT2D eigenvalue weighted by molar-refractivity contribution is -0.143. The van der Waals surface area contributed by atoms with Gasteiger partial charge in [-0.05, 0) is 50.0 Å². The normalized spacial score (nSPS) is 25.4. The third kappa shape index (κ3) is 4.62. The quantitative estimate of drug-likeness (QED) is 0.786. The third-order valence-electron chi connectivity index (χ3n) is 4.30. The summed E-state index contributed by atoms with van der Waals surface area (Å²) < 4.78 is 78.4. The maximum atomic E-state index is 13.1. The molecular formula is C16H19F6NOS. The molecule has 1 aromatic rings. The topological polar surface area (TPSA) is 23.5 Å². The molecule has 1 saturated heterocycles. The van der Waals surface area contributed by atoms with Gasteiger partial charge in [-0.15, -0.1) is 0 Å². The summed E-state index contributed by atoms with van der Waals surface area (Å²) in [6.07, 6.45) is -9.74. The van der Waals surface area contributed by atoms with Crippen molar-refractivity contribution in [2.45, 2.75) is 24.4 Å². The van der Waals surface area contributed by atoms with Gasteiger partial charge in [0.15, 0.2) is 0 Å². The summed E-state index contributed by atoms with van der Waals surface area (Å²) >= 11 is 1.53. The monoisotopic (exact) mass is 387 g/mol. The van der Waals surface area contributed by atoms with Gasteiger partial charge >= 0.3 is 12.4 Å². The molecule has 1 aliphatic heterocycles. The van der Waals surface area contributed by atoms with Crippen molar-refractivity contribution >= 4 is 11.8 Å². The Morgan fingerprint density at radius 2 is 1.60 bits per heavy atom. The molecule has 2 nitrogen and oxygen atoms in total. The van der Waals surface area contributed by atoms with Gasteiger partial charge in [0.25, 0.3) is 0 Å². The van der Waals surface area contributed by atoms with Gasteiger partial charge in [0.05, 0.1) is 16.7 Å². The Bertz CT molecular complexity index is 583. The zero-order valence-electron chi connectivity index (χ0n) is 13.7. The average Bonchev–Trinajstić information content (AvgIpc) is 2.47. The Kier molecular flexibility index (Phi) is 5.71. The fourth-order valence-corrected chi connectivity index (χ4v) is 4.31. The molecule has 0 saturated carbocycles. The van der Waals surface area contributed by atoms with Crippen LogP contribution in [-0.4, -0.2) is 42.2 Å². The Balaban J connectivity index is 2.58. The molecule has 1 N–H and O–H groups in total.